The molecule has 1 fully saturated rings. The minimum Gasteiger partial charge on any atom is -0.366 e. The van der Waals surface area contributed by atoms with E-state index in [0.29, 0.717) is 35.4 Å². The molecule has 3 aromatic rings. The Bertz CT molecular complexity index is 1220. The zero-order valence-electron chi connectivity index (χ0n) is 22.3. The lowest BCUT2D eigenvalue weighted by atomic mass is 10.1. The Morgan fingerprint density at radius 3 is 2.57 bits per heavy atom. The molecule has 0 bridgehead atoms. The molecule has 1 aromatic carbocycles. The SMILES string of the molecule is Cc1ccc(C(N)=O)cc1Nc1nc(N[C@H]2CCN(C(C)c3ccncc3)C2)nc(N(C)CC(C)C)n1. The van der Waals surface area contributed by atoms with Crippen molar-refractivity contribution in [2.24, 2.45) is 11.7 Å². The molecule has 4 rings (SSSR count). The van der Waals surface area contributed by atoms with E-state index in [4.69, 9.17) is 10.7 Å². The third-order valence-corrected chi connectivity index (χ3v) is 6.66. The van der Waals surface area contributed by atoms with E-state index in [9.17, 15) is 4.79 Å². The van der Waals surface area contributed by atoms with E-state index in [2.05, 4.69) is 63.4 Å². The molecule has 2 atom stereocenters. The Balaban J connectivity index is 1.55. The van der Waals surface area contributed by atoms with Crippen molar-refractivity contribution in [3.63, 3.8) is 0 Å². The van der Waals surface area contributed by atoms with Crippen molar-refractivity contribution in [3.8, 4) is 0 Å². The number of pyridine rings is 1. The summed E-state index contributed by atoms with van der Waals surface area (Å²) in [6, 6.07) is 9.95. The highest BCUT2D eigenvalue weighted by molar-refractivity contribution is 5.94. The number of carbonyl (C=O) groups excluding carboxylic acids is 1. The van der Waals surface area contributed by atoms with E-state index in [-0.39, 0.29) is 6.04 Å². The standard InChI is InChI=1S/C27H37N9O/c1-17(2)15-35(5)27-33-25(30-22-10-13-36(16-22)19(4)20-8-11-29-12-9-20)32-26(34-27)31-23-14-21(24(28)37)7-6-18(23)3/h6-9,11-12,14,17,19,22H,10,13,15-16H2,1-5H3,(H2,28,37)(H2,30,31,32,33,34)/t19?,22-/m0/s1. The first-order valence-electron chi connectivity index (χ1n) is 12.7. The summed E-state index contributed by atoms with van der Waals surface area (Å²) < 4.78 is 0. The number of amides is 1. The molecule has 1 saturated heterocycles. The highest BCUT2D eigenvalue weighted by Crippen LogP contribution is 2.27. The number of hydrogen-bond acceptors (Lipinski definition) is 9. The lowest BCUT2D eigenvalue weighted by Gasteiger charge is -2.25. The first-order chi connectivity index (χ1) is 17.7. The largest absolute Gasteiger partial charge is 0.366 e. The molecule has 0 radical (unpaired) electrons. The monoisotopic (exact) mass is 503 g/mol. The summed E-state index contributed by atoms with van der Waals surface area (Å²) in [5.74, 6) is 1.48. The van der Waals surface area contributed by atoms with Gasteiger partial charge in [0.15, 0.2) is 0 Å². The van der Waals surface area contributed by atoms with Gasteiger partial charge in [0.05, 0.1) is 0 Å². The first kappa shape index (κ1) is 26.3. The van der Waals surface area contributed by atoms with E-state index in [1.165, 1.54) is 5.56 Å². The van der Waals surface area contributed by atoms with Crippen LogP contribution >= 0.6 is 0 Å². The van der Waals surface area contributed by atoms with Crippen molar-refractivity contribution >= 4 is 29.4 Å². The fourth-order valence-corrected chi connectivity index (χ4v) is 4.61. The number of hydrogen-bond donors (Lipinski definition) is 3. The third-order valence-electron chi connectivity index (χ3n) is 6.66. The number of nitrogens with one attached hydrogen (secondary N) is 2. The fraction of sp³-hybridized carbons (Fsp3) is 0.444. The highest BCUT2D eigenvalue weighted by Gasteiger charge is 2.27. The van der Waals surface area contributed by atoms with Crippen molar-refractivity contribution < 1.29 is 4.79 Å². The lowest BCUT2D eigenvalue weighted by Crippen LogP contribution is -2.30. The molecule has 1 aliphatic rings. The molecule has 10 nitrogen and oxygen atoms in total. The normalized spacial score (nSPS) is 16.5. The molecule has 0 saturated carbocycles. The molecule has 196 valence electrons. The van der Waals surface area contributed by atoms with Crippen molar-refractivity contribution in [1.82, 2.24) is 24.8 Å². The van der Waals surface area contributed by atoms with Gasteiger partial charge in [-0.2, -0.15) is 15.0 Å². The van der Waals surface area contributed by atoms with Crippen LogP contribution in [-0.2, 0) is 0 Å². The Labute approximate surface area is 218 Å². The maximum atomic E-state index is 11.7. The highest BCUT2D eigenvalue weighted by atomic mass is 16.1. The molecule has 0 spiro atoms. The summed E-state index contributed by atoms with van der Waals surface area (Å²) in [5, 5.41) is 6.82. The number of anilines is 4. The molecule has 4 N–H and O–H groups in total. The fourth-order valence-electron chi connectivity index (χ4n) is 4.61. The predicted octanol–water partition coefficient (Wildman–Crippen LogP) is 3.76. The second-order valence-electron chi connectivity index (χ2n) is 10.2. The van der Waals surface area contributed by atoms with Gasteiger partial charge in [0.1, 0.15) is 0 Å². The number of carbonyl (C=O) groups is 1. The minimum atomic E-state index is -0.481. The van der Waals surface area contributed by atoms with Gasteiger partial charge in [0.2, 0.25) is 23.8 Å². The van der Waals surface area contributed by atoms with Crippen LogP contribution in [0.1, 0.15) is 54.7 Å². The molecule has 10 heteroatoms. The number of nitrogens with two attached hydrogens (primary N) is 1. The van der Waals surface area contributed by atoms with Crippen LogP contribution in [0.3, 0.4) is 0 Å². The number of likely N-dealkylation sites (tertiary alicyclic amines) is 1. The molecular weight excluding hydrogens is 466 g/mol. The molecule has 3 heterocycles. The van der Waals surface area contributed by atoms with Crippen molar-refractivity contribution in [2.45, 2.75) is 46.2 Å². The van der Waals surface area contributed by atoms with Crippen LogP contribution in [0, 0.1) is 12.8 Å². The van der Waals surface area contributed by atoms with Gasteiger partial charge in [-0.3, -0.25) is 14.7 Å². The number of benzene rings is 1. The van der Waals surface area contributed by atoms with Crippen LogP contribution in [0.4, 0.5) is 23.5 Å². The number of primary amides is 1. The van der Waals surface area contributed by atoms with E-state index < -0.39 is 5.91 Å². The summed E-state index contributed by atoms with van der Waals surface area (Å²) in [5.41, 5.74) is 8.85. The lowest BCUT2D eigenvalue weighted by molar-refractivity contribution is 0.100. The van der Waals surface area contributed by atoms with E-state index in [1.54, 1.807) is 12.1 Å². The van der Waals surface area contributed by atoms with Gasteiger partial charge in [-0.05, 0) is 61.6 Å². The zero-order valence-corrected chi connectivity index (χ0v) is 22.3. The molecular formula is C27H37N9O. The molecule has 37 heavy (non-hydrogen) atoms. The van der Waals surface area contributed by atoms with Gasteiger partial charge in [0, 0.05) is 62.4 Å². The summed E-state index contributed by atoms with van der Waals surface area (Å²) in [6.07, 6.45) is 4.67. The molecule has 2 aromatic heterocycles. The van der Waals surface area contributed by atoms with Crippen LogP contribution in [0.2, 0.25) is 0 Å². The topological polar surface area (TPSA) is 125 Å². The smallest absolute Gasteiger partial charge is 0.248 e. The van der Waals surface area contributed by atoms with Gasteiger partial charge in [0.25, 0.3) is 0 Å². The Kier molecular flexibility index (Phi) is 8.17. The second kappa shape index (κ2) is 11.5. The Morgan fingerprint density at radius 1 is 1.14 bits per heavy atom. The Morgan fingerprint density at radius 2 is 1.86 bits per heavy atom. The van der Waals surface area contributed by atoms with Gasteiger partial charge in [-0.1, -0.05) is 19.9 Å². The number of aromatic nitrogens is 4. The van der Waals surface area contributed by atoms with Gasteiger partial charge >= 0.3 is 0 Å². The van der Waals surface area contributed by atoms with Crippen LogP contribution in [-0.4, -0.2) is 63.5 Å². The van der Waals surface area contributed by atoms with Crippen molar-refractivity contribution in [2.75, 3.05) is 42.2 Å². The third kappa shape index (κ3) is 6.71. The average molecular weight is 504 g/mol. The molecule has 0 aliphatic carbocycles. The van der Waals surface area contributed by atoms with Gasteiger partial charge in [-0.15, -0.1) is 0 Å². The van der Waals surface area contributed by atoms with Crippen molar-refractivity contribution in [3.05, 3.63) is 59.4 Å². The number of rotatable bonds is 10. The summed E-state index contributed by atoms with van der Waals surface area (Å²) in [4.78, 5) is 34.4. The number of nitrogens with zero attached hydrogens (tertiary/aromatic N) is 6. The predicted molar refractivity (Wildman–Crippen MR) is 147 cm³/mol. The van der Waals surface area contributed by atoms with E-state index >= 15 is 0 Å². The van der Waals surface area contributed by atoms with E-state index in [0.717, 1.165) is 37.3 Å². The average Bonchev–Trinajstić information content (AvgIpc) is 3.33. The van der Waals surface area contributed by atoms with Gasteiger partial charge < -0.3 is 21.3 Å². The maximum absolute atomic E-state index is 11.7. The Hall–Kier alpha value is -3.79. The van der Waals surface area contributed by atoms with Crippen LogP contribution in [0.25, 0.3) is 0 Å². The molecule has 1 amide bonds. The number of aryl methyl sites for hydroxylation is 1. The van der Waals surface area contributed by atoms with E-state index in [1.807, 2.05) is 37.3 Å². The zero-order chi connectivity index (χ0) is 26.5. The first-order valence-corrected chi connectivity index (χ1v) is 12.7. The summed E-state index contributed by atoms with van der Waals surface area (Å²) in [6.45, 7) is 11.2. The van der Waals surface area contributed by atoms with Gasteiger partial charge in [-0.25, -0.2) is 0 Å². The van der Waals surface area contributed by atoms with Crippen molar-refractivity contribution in [1.29, 1.82) is 0 Å². The van der Waals surface area contributed by atoms with Crippen LogP contribution < -0.4 is 21.3 Å². The maximum Gasteiger partial charge on any atom is 0.248 e. The van der Waals surface area contributed by atoms with Crippen LogP contribution in [0.15, 0.2) is 42.7 Å². The second-order valence-corrected chi connectivity index (χ2v) is 10.2. The minimum absolute atomic E-state index is 0.211. The van der Waals surface area contributed by atoms with Crippen LogP contribution in [0.5, 0.6) is 0 Å². The molecule has 1 unspecified atom stereocenters. The summed E-state index contributed by atoms with van der Waals surface area (Å²) >= 11 is 0. The summed E-state index contributed by atoms with van der Waals surface area (Å²) in [7, 11) is 1.98. The quantitative estimate of drug-likeness (QED) is 0.379. The molecule has 1 aliphatic heterocycles.